The molecule has 3 aromatic heterocycles. The highest BCUT2D eigenvalue weighted by atomic mass is 15.3. The largest absolute Gasteiger partial charge is 0.356 e. The number of rotatable bonds is 2. The number of hydrogen-bond acceptors (Lipinski definition) is 6. The van der Waals surface area contributed by atoms with Crippen LogP contribution in [0.3, 0.4) is 0 Å². The fourth-order valence-corrected chi connectivity index (χ4v) is 4.05. The number of nitrogens with zero attached hydrogens (tertiary/aromatic N) is 7. The summed E-state index contributed by atoms with van der Waals surface area (Å²) in [5.41, 5.74) is 2.05. The zero-order valence-electron chi connectivity index (χ0n) is 13.6. The first-order valence-corrected chi connectivity index (χ1v) is 8.35. The van der Waals surface area contributed by atoms with Crippen molar-refractivity contribution in [1.29, 1.82) is 0 Å². The van der Waals surface area contributed by atoms with Gasteiger partial charge in [-0.1, -0.05) is 0 Å². The molecule has 2 atom stereocenters. The predicted molar refractivity (Wildman–Crippen MR) is 91.2 cm³/mol. The van der Waals surface area contributed by atoms with Gasteiger partial charge in [-0.2, -0.15) is 0 Å². The summed E-state index contributed by atoms with van der Waals surface area (Å²) in [6.45, 7) is 6.32. The molecule has 7 nitrogen and oxygen atoms in total. The average molecular weight is 321 g/mol. The molecule has 2 aliphatic heterocycles. The van der Waals surface area contributed by atoms with Crippen molar-refractivity contribution < 1.29 is 0 Å². The Labute approximate surface area is 140 Å². The van der Waals surface area contributed by atoms with Crippen molar-refractivity contribution in [2.24, 2.45) is 11.8 Å². The lowest BCUT2D eigenvalue weighted by atomic mass is 10.0. The van der Waals surface area contributed by atoms with Gasteiger partial charge in [0.2, 0.25) is 0 Å². The zero-order chi connectivity index (χ0) is 16.1. The molecule has 5 rings (SSSR count). The molecule has 7 heteroatoms. The molecule has 0 N–H and O–H groups in total. The summed E-state index contributed by atoms with van der Waals surface area (Å²) < 4.78 is 1.85. The zero-order valence-corrected chi connectivity index (χ0v) is 13.6. The molecule has 0 bridgehead atoms. The molecule has 0 radical (unpaired) electrons. The van der Waals surface area contributed by atoms with Crippen molar-refractivity contribution in [1.82, 2.24) is 24.6 Å². The molecular formula is C17H19N7. The van der Waals surface area contributed by atoms with Gasteiger partial charge >= 0.3 is 0 Å². The Morgan fingerprint density at radius 3 is 2.58 bits per heavy atom. The summed E-state index contributed by atoms with van der Waals surface area (Å²) in [6.07, 6.45) is 7.22. The minimum absolute atomic E-state index is 0.666. The second-order valence-electron chi connectivity index (χ2n) is 6.78. The summed E-state index contributed by atoms with van der Waals surface area (Å²) in [5.74, 6) is 3.46. The van der Waals surface area contributed by atoms with Crippen LogP contribution in [0.2, 0.25) is 0 Å². The van der Waals surface area contributed by atoms with E-state index in [2.05, 4.69) is 42.8 Å². The van der Waals surface area contributed by atoms with E-state index in [9.17, 15) is 0 Å². The van der Waals surface area contributed by atoms with E-state index < -0.39 is 0 Å². The van der Waals surface area contributed by atoms with Crippen molar-refractivity contribution in [3.63, 3.8) is 0 Å². The first-order valence-electron chi connectivity index (χ1n) is 8.35. The second-order valence-corrected chi connectivity index (χ2v) is 6.78. The van der Waals surface area contributed by atoms with E-state index in [0.29, 0.717) is 11.8 Å². The topological polar surface area (TPSA) is 62.5 Å². The van der Waals surface area contributed by atoms with Crippen molar-refractivity contribution in [3.05, 3.63) is 42.6 Å². The van der Waals surface area contributed by atoms with Gasteiger partial charge in [0.1, 0.15) is 18.0 Å². The van der Waals surface area contributed by atoms with Gasteiger partial charge < -0.3 is 9.80 Å². The van der Waals surface area contributed by atoms with Gasteiger partial charge in [0.25, 0.3) is 0 Å². The molecule has 0 aromatic carbocycles. The van der Waals surface area contributed by atoms with Crippen LogP contribution in [0.1, 0.15) is 5.56 Å². The Balaban J connectivity index is 1.34. The van der Waals surface area contributed by atoms with E-state index in [4.69, 9.17) is 0 Å². The van der Waals surface area contributed by atoms with Crippen molar-refractivity contribution in [3.8, 4) is 0 Å². The van der Waals surface area contributed by atoms with Crippen LogP contribution in [0.25, 0.3) is 5.65 Å². The molecule has 2 unspecified atom stereocenters. The van der Waals surface area contributed by atoms with Crippen molar-refractivity contribution >= 4 is 17.3 Å². The molecule has 24 heavy (non-hydrogen) atoms. The van der Waals surface area contributed by atoms with E-state index in [-0.39, 0.29) is 0 Å². The number of anilines is 2. The van der Waals surface area contributed by atoms with Gasteiger partial charge in [0.15, 0.2) is 5.65 Å². The van der Waals surface area contributed by atoms with Crippen molar-refractivity contribution in [2.45, 2.75) is 6.92 Å². The Morgan fingerprint density at radius 1 is 1.00 bits per heavy atom. The lowest BCUT2D eigenvalue weighted by molar-refractivity contribution is 0.533. The maximum Gasteiger partial charge on any atom is 0.153 e. The third-order valence-corrected chi connectivity index (χ3v) is 5.22. The summed E-state index contributed by atoms with van der Waals surface area (Å²) in [7, 11) is 0. The Kier molecular flexibility index (Phi) is 2.95. The number of aromatic nitrogens is 5. The third kappa shape index (κ3) is 2.11. The average Bonchev–Trinajstić information content (AvgIpc) is 3.28. The van der Waals surface area contributed by atoms with E-state index >= 15 is 0 Å². The smallest absolute Gasteiger partial charge is 0.153 e. The Bertz CT molecular complexity index is 875. The lowest BCUT2D eigenvalue weighted by Crippen LogP contribution is -2.30. The summed E-state index contributed by atoms with van der Waals surface area (Å²) >= 11 is 0. The number of fused-ring (bicyclic) bond motifs is 2. The molecule has 122 valence electrons. The van der Waals surface area contributed by atoms with Crippen LogP contribution >= 0.6 is 0 Å². The van der Waals surface area contributed by atoms with Gasteiger partial charge in [-0.15, -0.1) is 5.10 Å². The van der Waals surface area contributed by atoms with Gasteiger partial charge in [-0.25, -0.2) is 19.5 Å². The third-order valence-electron chi connectivity index (χ3n) is 5.22. The molecule has 3 aromatic rings. The Morgan fingerprint density at radius 2 is 1.79 bits per heavy atom. The second kappa shape index (κ2) is 5.15. The molecule has 2 aliphatic rings. The lowest BCUT2D eigenvalue weighted by Gasteiger charge is -2.23. The van der Waals surface area contributed by atoms with Gasteiger partial charge in [0.05, 0.1) is 0 Å². The molecule has 0 amide bonds. The van der Waals surface area contributed by atoms with E-state index in [1.807, 2.05) is 23.0 Å². The minimum Gasteiger partial charge on any atom is -0.356 e. The minimum atomic E-state index is 0.666. The molecule has 0 saturated carbocycles. The monoisotopic (exact) mass is 321 g/mol. The van der Waals surface area contributed by atoms with Gasteiger partial charge in [-0.3, -0.25) is 0 Å². The number of aryl methyl sites for hydroxylation is 1. The van der Waals surface area contributed by atoms with Gasteiger partial charge in [0, 0.05) is 62.2 Å². The van der Waals surface area contributed by atoms with Gasteiger partial charge in [-0.05, 0) is 19.1 Å². The van der Waals surface area contributed by atoms with Crippen LogP contribution in [0.4, 0.5) is 11.6 Å². The standard InChI is InChI=1S/C17H19N7/c1-12-6-18-11-20-17(12)23-9-13-7-22(8-14(13)10-23)16-3-2-15-19-4-5-24(15)21-16/h2-6,11,13-14H,7-10H2,1H3. The number of hydrogen-bond donors (Lipinski definition) is 0. The Hall–Kier alpha value is -2.70. The van der Waals surface area contributed by atoms with Crippen LogP contribution in [-0.2, 0) is 0 Å². The maximum absolute atomic E-state index is 4.68. The molecule has 0 aliphatic carbocycles. The first kappa shape index (κ1) is 13.7. The summed E-state index contributed by atoms with van der Waals surface area (Å²) in [6, 6.07) is 4.11. The molecule has 2 fully saturated rings. The summed E-state index contributed by atoms with van der Waals surface area (Å²) in [4.78, 5) is 17.6. The summed E-state index contributed by atoms with van der Waals surface area (Å²) in [5, 5.41) is 4.68. The van der Waals surface area contributed by atoms with Crippen molar-refractivity contribution in [2.75, 3.05) is 36.0 Å². The van der Waals surface area contributed by atoms with Crippen LogP contribution in [-0.4, -0.2) is 50.7 Å². The van der Waals surface area contributed by atoms with E-state index in [1.54, 1.807) is 12.5 Å². The maximum atomic E-state index is 4.68. The predicted octanol–water partition coefficient (Wildman–Crippen LogP) is 1.40. The highest BCUT2D eigenvalue weighted by molar-refractivity contribution is 5.49. The van der Waals surface area contributed by atoms with E-state index in [1.165, 1.54) is 0 Å². The highest BCUT2D eigenvalue weighted by Gasteiger charge is 2.41. The van der Waals surface area contributed by atoms with Crippen LogP contribution in [0.15, 0.2) is 37.1 Å². The van der Waals surface area contributed by atoms with Crippen LogP contribution in [0.5, 0.6) is 0 Å². The molecule has 0 spiro atoms. The first-order chi connectivity index (χ1) is 11.8. The molecular weight excluding hydrogens is 302 g/mol. The highest BCUT2D eigenvalue weighted by Crippen LogP contribution is 2.35. The van der Waals surface area contributed by atoms with Crippen LogP contribution in [0, 0.1) is 18.8 Å². The number of imidazole rings is 1. The molecule has 5 heterocycles. The molecule has 2 saturated heterocycles. The van der Waals surface area contributed by atoms with E-state index in [0.717, 1.165) is 49.0 Å². The fourth-order valence-electron chi connectivity index (χ4n) is 4.05. The fraction of sp³-hybridized carbons (Fsp3) is 0.412. The normalized spacial score (nSPS) is 23.2. The quantitative estimate of drug-likeness (QED) is 0.711. The SMILES string of the molecule is Cc1cncnc1N1CC2CN(c3ccc4nccn4n3)CC2C1. The van der Waals surface area contributed by atoms with Crippen LogP contribution < -0.4 is 9.80 Å².